The molecule has 2 aromatic carbocycles. The number of methoxy groups -OCH3 is 2. The Kier molecular flexibility index (Phi) is 8.58. The molecular weight excluding hydrogens is 378 g/mol. The first-order valence-corrected chi connectivity index (χ1v) is 10.5. The van der Waals surface area contributed by atoms with Crippen LogP contribution in [0.5, 0.6) is 17.2 Å². The number of amides is 1. The molecule has 0 fully saturated rings. The molecule has 30 heavy (non-hydrogen) atoms. The Morgan fingerprint density at radius 1 is 1.00 bits per heavy atom. The third-order valence-corrected chi connectivity index (χ3v) is 5.05. The van der Waals surface area contributed by atoms with E-state index >= 15 is 0 Å². The summed E-state index contributed by atoms with van der Waals surface area (Å²) in [6, 6.07) is 13.9. The first-order chi connectivity index (χ1) is 14.3. The van der Waals surface area contributed by atoms with E-state index in [1.807, 2.05) is 37.3 Å². The maximum Gasteiger partial charge on any atom is 0.261 e. The highest BCUT2D eigenvalue weighted by atomic mass is 16.5. The largest absolute Gasteiger partial charge is 0.493 e. The minimum atomic E-state index is -0.494. The summed E-state index contributed by atoms with van der Waals surface area (Å²) < 4.78 is 16.5. The van der Waals surface area contributed by atoms with Crippen molar-refractivity contribution >= 4 is 5.91 Å². The van der Waals surface area contributed by atoms with Gasteiger partial charge in [0.1, 0.15) is 5.75 Å². The van der Waals surface area contributed by atoms with Gasteiger partial charge in [0, 0.05) is 6.54 Å². The molecule has 0 heterocycles. The molecule has 5 heteroatoms. The highest BCUT2D eigenvalue weighted by molar-refractivity contribution is 5.81. The van der Waals surface area contributed by atoms with Crippen LogP contribution >= 0.6 is 0 Å². The molecule has 2 aromatic rings. The molecule has 0 radical (unpaired) electrons. The summed E-state index contributed by atoms with van der Waals surface area (Å²) in [6.07, 6.45) is 1.79. The fourth-order valence-electron chi connectivity index (χ4n) is 3.17. The summed E-state index contributed by atoms with van der Waals surface area (Å²) in [5.41, 5.74) is 2.47. The normalized spacial score (nSPS) is 12.2. The van der Waals surface area contributed by atoms with E-state index in [-0.39, 0.29) is 11.3 Å². The van der Waals surface area contributed by atoms with Gasteiger partial charge in [0.25, 0.3) is 5.91 Å². The van der Waals surface area contributed by atoms with Gasteiger partial charge in [-0.05, 0) is 60.1 Å². The van der Waals surface area contributed by atoms with Crippen molar-refractivity contribution in [3.05, 3.63) is 53.6 Å². The van der Waals surface area contributed by atoms with E-state index in [1.54, 1.807) is 14.2 Å². The summed E-state index contributed by atoms with van der Waals surface area (Å²) in [6.45, 7) is 9.07. The van der Waals surface area contributed by atoms with Crippen LogP contribution in [-0.4, -0.2) is 32.8 Å². The Hall–Kier alpha value is -2.69. The van der Waals surface area contributed by atoms with Gasteiger partial charge in [-0.15, -0.1) is 0 Å². The van der Waals surface area contributed by atoms with Gasteiger partial charge in [-0.1, -0.05) is 45.9 Å². The molecular formula is C25H35NO4. The van der Waals surface area contributed by atoms with Gasteiger partial charge in [0.15, 0.2) is 17.6 Å². The molecule has 0 aromatic heterocycles. The maximum absolute atomic E-state index is 12.5. The smallest absolute Gasteiger partial charge is 0.261 e. The maximum atomic E-state index is 12.5. The van der Waals surface area contributed by atoms with Crippen molar-refractivity contribution in [2.24, 2.45) is 0 Å². The van der Waals surface area contributed by atoms with Crippen molar-refractivity contribution in [2.45, 2.75) is 58.5 Å². The molecule has 1 atom stereocenters. The van der Waals surface area contributed by atoms with Crippen LogP contribution in [0.2, 0.25) is 0 Å². The van der Waals surface area contributed by atoms with Crippen LogP contribution < -0.4 is 19.5 Å². The summed E-state index contributed by atoms with van der Waals surface area (Å²) in [4.78, 5) is 12.5. The summed E-state index contributed by atoms with van der Waals surface area (Å²) in [7, 11) is 3.25. The van der Waals surface area contributed by atoms with Gasteiger partial charge in [-0.3, -0.25) is 4.79 Å². The van der Waals surface area contributed by atoms with E-state index in [1.165, 1.54) is 5.56 Å². The summed E-state index contributed by atoms with van der Waals surface area (Å²) in [5.74, 6) is 2.07. The molecule has 0 spiro atoms. The summed E-state index contributed by atoms with van der Waals surface area (Å²) in [5, 5.41) is 2.99. The van der Waals surface area contributed by atoms with E-state index in [9.17, 15) is 4.79 Å². The second-order valence-electron chi connectivity index (χ2n) is 8.37. The molecule has 0 bridgehead atoms. The van der Waals surface area contributed by atoms with Crippen LogP contribution in [0, 0.1) is 0 Å². The highest BCUT2D eigenvalue weighted by Crippen LogP contribution is 2.28. The second kappa shape index (κ2) is 10.9. The van der Waals surface area contributed by atoms with Gasteiger partial charge < -0.3 is 19.5 Å². The third kappa shape index (κ3) is 6.68. The average molecular weight is 414 g/mol. The highest BCUT2D eigenvalue weighted by Gasteiger charge is 2.19. The number of nitrogens with one attached hydrogen (secondary N) is 1. The number of rotatable bonds is 10. The predicted octanol–water partition coefficient (Wildman–Crippen LogP) is 4.91. The molecule has 1 amide bonds. The van der Waals surface area contributed by atoms with Crippen LogP contribution in [0.3, 0.4) is 0 Å². The number of carbonyl (C=O) groups is 1. The van der Waals surface area contributed by atoms with Crippen LogP contribution in [0.1, 0.15) is 51.7 Å². The van der Waals surface area contributed by atoms with Gasteiger partial charge in [-0.2, -0.15) is 0 Å². The van der Waals surface area contributed by atoms with Crippen LogP contribution in [0.25, 0.3) is 0 Å². The van der Waals surface area contributed by atoms with Crippen molar-refractivity contribution in [1.82, 2.24) is 5.32 Å². The molecule has 5 nitrogen and oxygen atoms in total. The molecule has 2 rings (SSSR count). The number of carbonyl (C=O) groups excluding carboxylic acids is 1. The zero-order chi connectivity index (χ0) is 22.1. The minimum Gasteiger partial charge on any atom is -0.493 e. The van der Waals surface area contributed by atoms with E-state index < -0.39 is 6.10 Å². The lowest BCUT2D eigenvalue weighted by molar-refractivity contribution is -0.128. The quantitative estimate of drug-likeness (QED) is 0.563. The first-order valence-electron chi connectivity index (χ1n) is 10.5. The van der Waals surface area contributed by atoms with Crippen molar-refractivity contribution in [2.75, 3.05) is 20.8 Å². The Labute approximate surface area is 180 Å². The van der Waals surface area contributed by atoms with E-state index in [4.69, 9.17) is 14.2 Å². The fraction of sp³-hybridized carbons (Fsp3) is 0.480. The Balaban J connectivity index is 1.83. The average Bonchev–Trinajstić information content (AvgIpc) is 2.74. The SMILES string of the molecule is CC[C@H](Oc1ccc(C(C)(C)C)cc1)C(=O)NCCCc1ccc(OC)c(OC)c1. The molecule has 0 aliphatic rings. The molecule has 0 unspecified atom stereocenters. The Morgan fingerprint density at radius 3 is 2.23 bits per heavy atom. The van der Waals surface area contributed by atoms with Gasteiger partial charge >= 0.3 is 0 Å². The monoisotopic (exact) mass is 413 g/mol. The predicted molar refractivity (Wildman–Crippen MR) is 121 cm³/mol. The molecule has 0 aliphatic carbocycles. The van der Waals surface area contributed by atoms with Crippen molar-refractivity contribution in [3.8, 4) is 17.2 Å². The lowest BCUT2D eigenvalue weighted by Crippen LogP contribution is -2.38. The number of benzene rings is 2. The number of ether oxygens (including phenoxy) is 3. The Morgan fingerprint density at radius 2 is 1.67 bits per heavy atom. The molecule has 0 saturated carbocycles. The van der Waals surface area contributed by atoms with E-state index in [0.29, 0.717) is 18.7 Å². The molecule has 0 aliphatic heterocycles. The van der Waals surface area contributed by atoms with E-state index in [2.05, 4.69) is 38.2 Å². The standard InChI is InChI=1S/C25H35NO4/c1-7-21(30-20-13-11-19(12-14-20)25(2,3)4)24(27)26-16-8-9-18-10-15-22(28-5)23(17-18)29-6/h10-15,17,21H,7-9,16H2,1-6H3,(H,26,27)/t21-/m0/s1. The van der Waals surface area contributed by atoms with Gasteiger partial charge in [-0.25, -0.2) is 0 Å². The van der Waals surface area contributed by atoms with Crippen LogP contribution in [0.4, 0.5) is 0 Å². The third-order valence-electron chi connectivity index (χ3n) is 5.05. The fourth-order valence-corrected chi connectivity index (χ4v) is 3.17. The second-order valence-corrected chi connectivity index (χ2v) is 8.37. The van der Waals surface area contributed by atoms with Crippen LogP contribution in [0.15, 0.2) is 42.5 Å². The van der Waals surface area contributed by atoms with Gasteiger partial charge in [0.05, 0.1) is 14.2 Å². The minimum absolute atomic E-state index is 0.0790. The number of aryl methyl sites for hydroxylation is 1. The topological polar surface area (TPSA) is 56.8 Å². The first kappa shape index (κ1) is 23.6. The van der Waals surface area contributed by atoms with Crippen molar-refractivity contribution in [3.63, 3.8) is 0 Å². The lowest BCUT2D eigenvalue weighted by Gasteiger charge is -2.21. The molecule has 1 N–H and O–H groups in total. The van der Waals surface area contributed by atoms with Crippen molar-refractivity contribution in [1.29, 1.82) is 0 Å². The summed E-state index contributed by atoms with van der Waals surface area (Å²) >= 11 is 0. The zero-order valence-corrected chi connectivity index (χ0v) is 19.1. The van der Waals surface area contributed by atoms with Crippen molar-refractivity contribution < 1.29 is 19.0 Å². The molecule has 0 saturated heterocycles. The van der Waals surface area contributed by atoms with E-state index in [0.717, 1.165) is 29.9 Å². The zero-order valence-electron chi connectivity index (χ0n) is 19.1. The number of hydrogen-bond acceptors (Lipinski definition) is 4. The molecule has 164 valence electrons. The van der Waals surface area contributed by atoms with Crippen LogP contribution in [-0.2, 0) is 16.6 Å². The van der Waals surface area contributed by atoms with Gasteiger partial charge in [0.2, 0.25) is 0 Å². The number of hydrogen-bond donors (Lipinski definition) is 1. The Bertz CT molecular complexity index is 809. The lowest BCUT2D eigenvalue weighted by atomic mass is 9.87.